The molecule has 9 rings (SSSR count). The number of carbonyl (C=O) groups is 5. The van der Waals surface area contributed by atoms with Crippen LogP contribution in [0.1, 0.15) is 103 Å². The summed E-state index contributed by atoms with van der Waals surface area (Å²) in [6.07, 6.45) is 6.91. The van der Waals surface area contributed by atoms with E-state index in [-0.39, 0.29) is 55.1 Å². The fourth-order valence-corrected chi connectivity index (χ4v) is 11.6. The van der Waals surface area contributed by atoms with Crippen molar-refractivity contribution in [3.63, 3.8) is 0 Å². The number of hydrogen-bond acceptors (Lipinski definition) is 10. The van der Waals surface area contributed by atoms with Gasteiger partial charge in [0.25, 0.3) is 5.91 Å². The second-order valence-corrected chi connectivity index (χ2v) is 21.8. The molecule has 374 valence electrons. The van der Waals surface area contributed by atoms with E-state index in [0.717, 1.165) is 51.0 Å². The first-order chi connectivity index (χ1) is 33.5. The van der Waals surface area contributed by atoms with Gasteiger partial charge in [-0.1, -0.05) is 39.8 Å². The lowest BCUT2D eigenvalue weighted by atomic mass is 9.84. The summed E-state index contributed by atoms with van der Waals surface area (Å²) in [5.41, 5.74) is 9.63. The molecule has 5 heterocycles. The van der Waals surface area contributed by atoms with Crippen molar-refractivity contribution in [2.24, 2.45) is 35.0 Å². The second kappa shape index (κ2) is 19.8. The van der Waals surface area contributed by atoms with Crippen LogP contribution in [0.2, 0.25) is 0 Å². The number of esters is 1. The molecule has 7 atom stereocenters. The summed E-state index contributed by atoms with van der Waals surface area (Å²) in [5.74, 6) is -0.987. The number of amides is 4. The molecule has 5 aliphatic rings. The average Bonchev–Trinajstić information content (AvgIpc) is 4.27. The summed E-state index contributed by atoms with van der Waals surface area (Å²) < 4.78 is 14.3. The van der Waals surface area contributed by atoms with Crippen LogP contribution in [0.4, 0.5) is 0 Å². The lowest BCUT2D eigenvalue weighted by Gasteiger charge is -2.37. The van der Waals surface area contributed by atoms with Gasteiger partial charge in [0, 0.05) is 80.8 Å². The van der Waals surface area contributed by atoms with E-state index in [4.69, 9.17) is 14.5 Å². The molecule has 2 aliphatic carbocycles. The van der Waals surface area contributed by atoms with Crippen LogP contribution in [0.5, 0.6) is 5.75 Å². The van der Waals surface area contributed by atoms with Crippen molar-refractivity contribution in [3.05, 3.63) is 71.5 Å². The zero-order valence-electron chi connectivity index (χ0n) is 42.1. The average molecular weight is 958 g/mol. The zero-order valence-corrected chi connectivity index (χ0v) is 42.1. The highest BCUT2D eigenvalue weighted by molar-refractivity contribution is 5.96. The minimum atomic E-state index is -1.15. The van der Waals surface area contributed by atoms with Crippen molar-refractivity contribution in [1.29, 1.82) is 0 Å². The van der Waals surface area contributed by atoms with Gasteiger partial charge in [-0.05, 0) is 135 Å². The van der Waals surface area contributed by atoms with Crippen LogP contribution in [0, 0.1) is 35.0 Å². The lowest BCUT2D eigenvalue weighted by Crippen LogP contribution is -2.62. The van der Waals surface area contributed by atoms with Crippen molar-refractivity contribution < 1.29 is 38.6 Å². The molecule has 2 aromatic heterocycles. The number of aryl methyl sites for hydroxylation is 1. The number of methoxy groups -OCH3 is 1. The molecular formula is C55H71N7O8. The standard InChI is InChI=1S/C55H71N7O8/c1-9-61-46-17-16-35-26-41(46)43(49(61)39-12-10-19-56-47(39)32(4)69-8)28-55(5,6)30-70-54(68)44-13-11-20-62(58-44)53(67)45(24-33-22-37(35)25-38(63)23-33)57-50(64)48(31(2)3)59(7)51(65)36-18-21-60(29-36)52(66)42-27-40(42)34-14-15-34/h10,12,16-17,19,22-23,25-26,31-32,34,36,40,42,44-45,48,58,63H,9,11,13-15,18,20-21,24,27-30H2,1-8H3,(H,57,64)/t32-,36-,40+,42+,44-,45-,48?/m0/s1. The molecule has 70 heavy (non-hydrogen) atoms. The normalized spacial score (nSPS) is 24.5. The Bertz CT molecular complexity index is 2670. The number of cyclic esters (lactones) is 1. The number of ether oxygens (including phenoxy) is 2. The Morgan fingerprint density at radius 3 is 2.54 bits per heavy atom. The Labute approximate surface area is 411 Å². The highest BCUT2D eigenvalue weighted by Gasteiger charge is 2.53. The van der Waals surface area contributed by atoms with Crippen molar-refractivity contribution >= 4 is 40.5 Å². The van der Waals surface area contributed by atoms with Gasteiger partial charge in [0.1, 0.15) is 23.9 Å². The number of phenols is 1. The van der Waals surface area contributed by atoms with E-state index in [0.29, 0.717) is 62.7 Å². The molecule has 4 aromatic rings. The van der Waals surface area contributed by atoms with E-state index in [2.05, 4.69) is 54.3 Å². The summed E-state index contributed by atoms with van der Waals surface area (Å²) in [7, 11) is 3.31. The van der Waals surface area contributed by atoms with Crippen LogP contribution in [0.15, 0.2) is 54.7 Å². The zero-order chi connectivity index (χ0) is 49.8. The van der Waals surface area contributed by atoms with Gasteiger partial charge in [-0.2, -0.15) is 0 Å². The van der Waals surface area contributed by atoms with E-state index < -0.39 is 47.2 Å². The van der Waals surface area contributed by atoms with Gasteiger partial charge in [-0.25, -0.2) is 5.43 Å². The van der Waals surface area contributed by atoms with Gasteiger partial charge in [0.05, 0.1) is 30.0 Å². The summed E-state index contributed by atoms with van der Waals surface area (Å²) >= 11 is 0. The predicted octanol–water partition coefficient (Wildman–Crippen LogP) is 6.83. The molecule has 3 N–H and O–H groups in total. The number of carbonyl (C=O) groups excluding carboxylic acids is 5. The van der Waals surface area contributed by atoms with Gasteiger partial charge < -0.3 is 34.3 Å². The van der Waals surface area contributed by atoms with Crippen molar-refractivity contribution in [2.45, 2.75) is 124 Å². The molecule has 0 radical (unpaired) electrons. The predicted molar refractivity (Wildman–Crippen MR) is 266 cm³/mol. The Balaban J connectivity index is 1.06. The van der Waals surface area contributed by atoms with Gasteiger partial charge in [-0.15, -0.1) is 0 Å². The van der Waals surface area contributed by atoms with E-state index >= 15 is 0 Å². The van der Waals surface area contributed by atoms with Gasteiger partial charge >= 0.3 is 5.97 Å². The number of aromatic hydroxyl groups is 1. The number of fused-ring (bicyclic) bond motifs is 6. The molecule has 6 bridgehead atoms. The number of benzene rings is 2. The van der Waals surface area contributed by atoms with Crippen molar-refractivity contribution in [3.8, 4) is 28.1 Å². The summed E-state index contributed by atoms with van der Waals surface area (Å²) in [5, 5.41) is 16.8. The number of hydrazine groups is 1. The minimum Gasteiger partial charge on any atom is -0.508 e. The first-order valence-electron chi connectivity index (χ1n) is 25.5. The SMILES string of the molecule is CCn1c(-c2cccnc2[C@H](C)OC)c2c3cc(ccc31)-c1cc(O)cc(c1)C[C@H](NC(=O)C(C(C)C)N(C)C(=O)[C@H]1CCN(C(=O)[C@@H]3C[C@@H]3C3CC3)C1)C(=O)N1CCC[C@H](N1)C(=O)OCC(C)(C)C2. The molecule has 4 fully saturated rings. The summed E-state index contributed by atoms with van der Waals surface area (Å²) in [6, 6.07) is 12.7. The number of pyridine rings is 1. The summed E-state index contributed by atoms with van der Waals surface area (Å²) in [6.45, 7) is 13.9. The number of phenolic OH excluding ortho intramolecular Hbond substituents is 1. The smallest absolute Gasteiger partial charge is 0.324 e. The Kier molecular flexibility index (Phi) is 13.9. The number of likely N-dealkylation sites (tertiary alicyclic amines) is 1. The number of nitrogens with zero attached hydrogens (tertiary/aromatic N) is 5. The second-order valence-electron chi connectivity index (χ2n) is 21.8. The molecule has 15 nitrogen and oxygen atoms in total. The Morgan fingerprint density at radius 1 is 1.03 bits per heavy atom. The highest BCUT2D eigenvalue weighted by Crippen LogP contribution is 2.55. The number of hydrogen-bond donors (Lipinski definition) is 3. The fraction of sp³-hybridized carbons (Fsp3) is 0.564. The van der Waals surface area contributed by atoms with Crippen LogP contribution in [-0.4, -0.2) is 118 Å². The Hall–Kier alpha value is -5.80. The maximum absolute atomic E-state index is 14.8. The number of nitrogens with one attached hydrogen (secondary N) is 2. The van der Waals surface area contributed by atoms with Gasteiger partial charge in [-0.3, -0.25) is 34.0 Å². The van der Waals surface area contributed by atoms with Gasteiger partial charge in [0.15, 0.2) is 0 Å². The first kappa shape index (κ1) is 49.2. The molecule has 0 spiro atoms. The third-order valence-corrected chi connectivity index (χ3v) is 15.6. The lowest BCUT2D eigenvalue weighted by molar-refractivity contribution is -0.155. The third-order valence-electron chi connectivity index (χ3n) is 15.6. The molecule has 15 heteroatoms. The van der Waals surface area contributed by atoms with Crippen molar-refractivity contribution in [2.75, 3.05) is 40.4 Å². The summed E-state index contributed by atoms with van der Waals surface area (Å²) in [4.78, 5) is 79.2. The third kappa shape index (κ3) is 9.93. The fourth-order valence-electron chi connectivity index (χ4n) is 11.6. The number of likely N-dealkylation sites (N-methyl/N-ethyl adjacent to an activating group) is 1. The van der Waals surface area contributed by atoms with E-state index in [9.17, 15) is 29.1 Å². The van der Waals surface area contributed by atoms with Crippen LogP contribution >= 0.6 is 0 Å². The molecule has 3 aliphatic heterocycles. The number of aromatic nitrogens is 2. The maximum atomic E-state index is 14.8. The maximum Gasteiger partial charge on any atom is 0.324 e. The molecule has 1 unspecified atom stereocenters. The monoisotopic (exact) mass is 958 g/mol. The van der Waals surface area contributed by atoms with E-state index in [1.165, 1.54) is 22.8 Å². The molecule has 4 amide bonds. The van der Waals surface area contributed by atoms with Crippen LogP contribution < -0.4 is 10.7 Å². The van der Waals surface area contributed by atoms with E-state index in [1.807, 2.05) is 43.9 Å². The highest BCUT2D eigenvalue weighted by atomic mass is 16.5. The minimum absolute atomic E-state index is 0.000570. The quantitative estimate of drug-likeness (QED) is 0.135. The van der Waals surface area contributed by atoms with Crippen LogP contribution in [0.25, 0.3) is 33.3 Å². The molecule has 2 saturated heterocycles. The van der Waals surface area contributed by atoms with E-state index in [1.54, 1.807) is 32.5 Å². The van der Waals surface area contributed by atoms with Crippen molar-refractivity contribution in [1.82, 2.24) is 35.1 Å². The molecule has 2 aromatic carbocycles. The largest absolute Gasteiger partial charge is 0.508 e. The molecule has 2 saturated carbocycles. The molecular weight excluding hydrogens is 887 g/mol. The Morgan fingerprint density at radius 2 is 1.81 bits per heavy atom. The topological polar surface area (TPSA) is 176 Å². The van der Waals surface area contributed by atoms with Crippen LogP contribution in [-0.2, 0) is 52.8 Å². The van der Waals surface area contributed by atoms with Gasteiger partial charge in [0.2, 0.25) is 17.7 Å². The first-order valence-corrected chi connectivity index (χ1v) is 25.5. The van der Waals surface area contributed by atoms with Crippen LogP contribution in [0.3, 0.4) is 0 Å². The number of rotatable bonds is 11.